The van der Waals surface area contributed by atoms with Crippen LogP contribution in [0.5, 0.6) is 5.75 Å². The molecule has 0 aliphatic rings. The van der Waals surface area contributed by atoms with E-state index < -0.39 is 11.2 Å². The summed E-state index contributed by atoms with van der Waals surface area (Å²) in [5, 5.41) is 9.26. The smallest absolute Gasteiger partial charge is 0.165 e. The van der Waals surface area contributed by atoms with Gasteiger partial charge in [-0.1, -0.05) is 13.0 Å². The molecule has 84 valence electrons. The van der Waals surface area contributed by atoms with E-state index >= 15 is 0 Å². The summed E-state index contributed by atoms with van der Waals surface area (Å²) in [6.07, 6.45) is 0. The molecule has 0 spiro atoms. The van der Waals surface area contributed by atoms with Crippen molar-refractivity contribution < 1.29 is 14.2 Å². The van der Waals surface area contributed by atoms with E-state index in [0.717, 1.165) is 5.56 Å². The van der Waals surface area contributed by atoms with Crippen molar-refractivity contribution in [2.45, 2.75) is 12.3 Å². The van der Waals surface area contributed by atoms with Crippen LogP contribution in [-0.4, -0.2) is 25.4 Å². The standard InChI is InChI=1S/C11H16FNO2/c1-11(6-13,7-14)8-3-4-9(12)10(5-8)15-2/h3-5,14H,6-7,13H2,1-2H3. The number of aliphatic hydroxyl groups is 1. The van der Waals surface area contributed by atoms with E-state index in [0.29, 0.717) is 0 Å². The zero-order valence-electron chi connectivity index (χ0n) is 8.96. The van der Waals surface area contributed by atoms with Gasteiger partial charge in [-0.15, -0.1) is 0 Å². The highest BCUT2D eigenvalue weighted by atomic mass is 19.1. The van der Waals surface area contributed by atoms with Gasteiger partial charge in [-0.2, -0.15) is 0 Å². The molecule has 1 atom stereocenters. The van der Waals surface area contributed by atoms with Crippen molar-refractivity contribution in [3.63, 3.8) is 0 Å². The molecule has 0 saturated carbocycles. The van der Waals surface area contributed by atoms with E-state index in [1.54, 1.807) is 12.1 Å². The predicted octanol–water partition coefficient (Wildman–Crippen LogP) is 1.04. The molecule has 0 saturated heterocycles. The average Bonchev–Trinajstić information content (AvgIpc) is 2.28. The maximum Gasteiger partial charge on any atom is 0.165 e. The Bertz CT molecular complexity index is 337. The van der Waals surface area contributed by atoms with E-state index in [1.165, 1.54) is 13.2 Å². The van der Waals surface area contributed by atoms with Gasteiger partial charge in [-0.05, 0) is 17.7 Å². The second-order valence-electron chi connectivity index (χ2n) is 3.77. The molecule has 0 heterocycles. The normalized spacial score (nSPS) is 14.7. The number of ether oxygens (including phenoxy) is 1. The summed E-state index contributed by atoms with van der Waals surface area (Å²) in [4.78, 5) is 0. The molecule has 3 nitrogen and oxygen atoms in total. The first-order chi connectivity index (χ1) is 7.07. The van der Waals surface area contributed by atoms with Crippen molar-refractivity contribution >= 4 is 0 Å². The molecule has 3 N–H and O–H groups in total. The topological polar surface area (TPSA) is 55.5 Å². The molecular weight excluding hydrogens is 197 g/mol. The molecule has 0 aliphatic heterocycles. The SMILES string of the molecule is COc1cc(C(C)(CN)CO)ccc1F. The third-order valence-corrected chi connectivity index (χ3v) is 2.65. The fraction of sp³-hybridized carbons (Fsp3) is 0.455. The molecule has 0 bridgehead atoms. The lowest BCUT2D eigenvalue weighted by Gasteiger charge is -2.26. The van der Waals surface area contributed by atoms with Crippen LogP contribution in [0.1, 0.15) is 12.5 Å². The minimum absolute atomic E-state index is 0.0850. The molecule has 0 fully saturated rings. The Morgan fingerprint density at radius 1 is 1.53 bits per heavy atom. The Labute approximate surface area is 88.7 Å². The summed E-state index contributed by atoms with van der Waals surface area (Å²) in [5.74, 6) is -0.251. The van der Waals surface area contributed by atoms with Crippen molar-refractivity contribution in [2.75, 3.05) is 20.3 Å². The third-order valence-electron chi connectivity index (χ3n) is 2.65. The van der Waals surface area contributed by atoms with E-state index in [-0.39, 0.29) is 18.9 Å². The second kappa shape index (κ2) is 4.59. The van der Waals surface area contributed by atoms with Crippen LogP contribution in [-0.2, 0) is 5.41 Å². The summed E-state index contributed by atoms with van der Waals surface area (Å²) < 4.78 is 18.0. The molecule has 1 rings (SSSR count). The maximum absolute atomic E-state index is 13.1. The summed E-state index contributed by atoms with van der Waals surface area (Å²) in [7, 11) is 1.40. The van der Waals surface area contributed by atoms with Crippen LogP contribution in [0, 0.1) is 5.82 Å². The average molecular weight is 213 g/mol. The van der Waals surface area contributed by atoms with Crippen LogP contribution in [0.25, 0.3) is 0 Å². The van der Waals surface area contributed by atoms with Gasteiger partial charge in [0, 0.05) is 12.0 Å². The van der Waals surface area contributed by atoms with Crippen molar-refractivity contribution in [3.8, 4) is 5.75 Å². The Hall–Kier alpha value is -1.13. The van der Waals surface area contributed by atoms with E-state index in [2.05, 4.69) is 0 Å². The lowest BCUT2D eigenvalue weighted by molar-refractivity contribution is 0.210. The fourth-order valence-corrected chi connectivity index (χ4v) is 1.31. The molecule has 0 aromatic heterocycles. The zero-order chi connectivity index (χ0) is 11.5. The molecule has 0 aliphatic carbocycles. The Morgan fingerprint density at radius 3 is 2.67 bits per heavy atom. The van der Waals surface area contributed by atoms with Gasteiger partial charge in [0.15, 0.2) is 11.6 Å². The van der Waals surface area contributed by atoms with Crippen molar-refractivity contribution in [1.29, 1.82) is 0 Å². The minimum Gasteiger partial charge on any atom is -0.494 e. The Balaban J connectivity index is 3.15. The number of benzene rings is 1. The highest BCUT2D eigenvalue weighted by Crippen LogP contribution is 2.27. The van der Waals surface area contributed by atoms with Crippen LogP contribution in [0.2, 0.25) is 0 Å². The van der Waals surface area contributed by atoms with Crippen molar-refractivity contribution in [1.82, 2.24) is 0 Å². The van der Waals surface area contributed by atoms with Gasteiger partial charge in [-0.25, -0.2) is 4.39 Å². The van der Waals surface area contributed by atoms with Gasteiger partial charge >= 0.3 is 0 Å². The predicted molar refractivity (Wildman–Crippen MR) is 56.4 cm³/mol. The molecular formula is C11H16FNO2. The van der Waals surface area contributed by atoms with Gasteiger partial charge in [-0.3, -0.25) is 0 Å². The zero-order valence-corrected chi connectivity index (χ0v) is 8.96. The van der Waals surface area contributed by atoms with Crippen molar-refractivity contribution in [3.05, 3.63) is 29.6 Å². The largest absolute Gasteiger partial charge is 0.494 e. The fourth-order valence-electron chi connectivity index (χ4n) is 1.31. The molecule has 4 heteroatoms. The number of halogens is 1. The van der Waals surface area contributed by atoms with E-state index in [1.807, 2.05) is 6.92 Å². The van der Waals surface area contributed by atoms with Crippen LogP contribution in [0.15, 0.2) is 18.2 Å². The van der Waals surface area contributed by atoms with Gasteiger partial charge in [0.2, 0.25) is 0 Å². The lowest BCUT2D eigenvalue weighted by Crippen LogP contribution is -2.35. The quantitative estimate of drug-likeness (QED) is 0.785. The third kappa shape index (κ3) is 2.27. The van der Waals surface area contributed by atoms with Crippen molar-refractivity contribution in [2.24, 2.45) is 5.73 Å². The lowest BCUT2D eigenvalue weighted by atomic mass is 9.83. The summed E-state index contributed by atoms with van der Waals surface area (Å²) in [6, 6.07) is 4.50. The van der Waals surface area contributed by atoms with E-state index in [9.17, 15) is 9.50 Å². The molecule has 1 unspecified atom stereocenters. The summed E-state index contributed by atoms with van der Waals surface area (Å²) in [5.41, 5.74) is 5.80. The molecule has 1 aromatic carbocycles. The first kappa shape index (κ1) is 11.9. The van der Waals surface area contributed by atoms with Crippen LogP contribution in [0.4, 0.5) is 4.39 Å². The molecule has 1 aromatic rings. The number of nitrogens with two attached hydrogens (primary N) is 1. The molecule has 15 heavy (non-hydrogen) atoms. The highest BCUT2D eigenvalue weighted by molar-refractivity contribution is 5.35. The minimum atomic E-state index is -0.555. The van der Waals surface area contributed by atoms with Gasteiger partial charge in [0.25, 0.3) is 0 Å². The molecule has 0 amide bonds. The van der Waals surface area contributed by atoms with Gasteiger partial charge in [0.1, 0.15) is 0 Å². The van der Waals surface area contributed by atoms with Crippen LogP contribution >= 0.6 is 0 Å². The number of aliphatic hydroxyl groups excluding tert-OH is 1. The van der Waals surface area contributed by atoms with Gasteiger partial charge in [0.05, 0.1) is 13.7 Å². The number of hydrogen-bond donors (Lipinski definition) is 2. The number of rotatable bonds is 4. The number of methoxy groups -OCH3 is 1. The van der Waals surface area contributed by atoms with E-state index in [4.69, 9.17) is 10.5 Å². The van der Waals surface area contributed by atoms with Crippen LogP contribution < -0.4 is 10.5 Å². The monoisotopic (exact) mass is 213 g/mol. The second-order valence-corrected chi connectivity index (χ2v) is 3.77. The summed E-state index contributed by atoms with van der Waals surface area (Å²) >= 11 is 0. The molecule has 0 radical (unpaired) electrons. The highest BCUT2D eigenvalue weighted by Gasteiger charge is 2.25. The summed E-state index contributed by atoms with van der Waals surface area (Å²) in [6.45, 7) is 2.02. The Morgan fingerprint density at radius 2 is 2.20 bits per heavy atom. The first-order valence-electron chi connectivity index (χ1n) is 4.72. The first-order valence-corrected chi connectivity index (χ1v) is 4.72. The Kier molecular flexibility index (Phi) is 3.66. The number of hydrogen-bond acceptors (Lipinski definition) is 3. The van der Waals surface area contributed by atoms with Gasteiger partial charge < -0.3 is 15.6 Å². The maximum atomic E-state index is 13.1. The van der Waals surface area contributed by atoms with Crippen LogP contribution in [0.3, 0.4) is 0 Å².